The molecule has 1 aromatic heterocycles. The zero-order chi connectivity index (χ0) is 10.1. The molecule has 0 bridgehead atoms. The molecule has 14 heavy (non-hydrogen) atoms. The first-order valence-corrected chi connectivity index (χ1v) is 4.91. The van der Waals surface area contributed by atoms with E-state index in [0.29, 0.717) is 5.92 Å². The number of imidazole rings is 1. The quantitative estimate of drug-likeness (QED) is 0.766. The summed E-state index contributed by atoms with van der Waals surface area (Å²) >= 11 is 0. The molecule has 0 saturated heterocycles. The van der Waals surface area contributed by atoms with Gasteiger partial charge in [-0.2, -0.15) is 0 Å². The molecule has 4 heteroatoms. The molecule has 0 aromatic carbocycles. The van der Waals surface area contributed by atoms with Crippen LogP contribution in [0.3, 0.4) is 0 Å². The second-order valence-electron chi connectivity index (χ2n) is 4.01. The molecule has 1 heterocycles. The molecule has 1 aliphatic carbocycles. The van der Waals surface area contributed by atoms with E-state index in [9.17, 15) is 4.79 Å². The Hall–Kier alpha value is -1.32. The molecule has 0 spiro atoms. The number of rotatable bonds is 2. The van der Waals surface area contributed by atoms with Crippen molar-refractivity contribution in [2.45, 2.75) is 32.7 Å². The van der Waals surface area contributed by atoms with Crippen LogP contribution in [0, 0.1) is 5.92 Å². The number of aliphatic carboxylic acids is 1. The Morgan fingerprint density at radius 1 is 1.79 bits per heavy atom. The summed E-state index contributed by atoms with van der Waals surface area (Å²) in [6, 6.07) is 0. The largest absolute Gasteiger partial charge is 0.480 e. The molecule has 1 unspecified atom stereocenters. The fourth-order valence-electron chi connectivity index (χ4n) is 1.99. The number of hydrogen-bond donors (Lipinski definition) is 1. The van der Waals surface area contributed by atoms with Gasteiger partial charge in [-0.1, -0.05) is 6.92 Å². The van der Waals surface area contributed by atoms with Gasteiger partial charge in [0.05, 0.1) is 12.0 Å². The van der Waals surface area contributed by atoms with E-state index >= 15 is 0 Å². The number of carbonyl (C=O) groups is 1. The fraction of sp³-hybridized carbons (Fsp3) is 0.600. The Morgan fingerprint density at radius 3 is 3.29 bits per heavy atom. The molecule has 1 aromatic rings. The molecule has 4 nitrogen and oxygen atoms in total. The van der Waals surface area contributed by atoms with Crippen LogP contribution in [0.5, 0.6) is 0 Å². The summed E-state index contributed by atoms with van der Waals surface area (Å²) in [5.74, 6) is -0.157. The molecule has 0 amide bonds. The van der Waals surface area contributed by atoms with Gasteiger partial charge in [0.15, 0.2) is 0 Å². The Bertz CT molecular complexity index is 357. The first-order chi connectivity index (χ1) is 6.66. The van der Waals surface area contributed by atoms with Crippen molar-refractivity contribution in [2.24, 2.45) is 5.92 Å². The van der Waals surface area contributed by atoms with Gasteiger partial charge in [0.25, 0.3) is 0 Å². The van der Waals surface area contributed by atoms with Gasteiger partial charge in [-0.15, -0.1) is 0 Å². The van der Waals surface area contributed by atoms with E-state index in [2.05, 4.69) is 11.9 Å². The van der Waals surface area contributed by atoms with Crippen LogP contribution in [0.25, 0.3) is 0 Å². The van der Waals surface area contributed by atoms with E-state index in [-0.39, 0.29) is 6.54 Å². The van der Waals surface area contributed by atoms with E-state index in [0.717, 1.165) is 30.7 Å². The molecule has 1 aliphatic rings. The predicted octanol–water partition coefficient (Wildman–Crippen LogP) is 1.09. The highest BCUT2D eigenvalue weighted by Crippen LogP contribution is 2.24. The minimum atomic E-state index is -0.802. The lowest BCUT2D eigenvalue weighted by molar-refractivity contribution is -0.137. The number of fused-ring (bicyclic) bond motifs is 1. The van der Waals surface area contributed by atoms with Crippen LogP contribution in [0.2, 0.25) is 0 Å². The summed E-state index contributed by atoms with van der Waals surface area (Å²) in [7, 11) is 0. The van der Waals surface area contributed by atoms with Crippen molar-refractivity contribution >= 4 is 5.97 Å². The molecule has 2 rings (SSSR count). The second-order valence-corrected chi connectivity index (χ2v) is 4.01. The van der Waals surface area contributed by atoms with Crippen LogP contribution in [-0.4, -0.2) is 20.6 Å². The third-order valence-electron chi connectivity index (χ3n) is 2.75. The van der Waals surface area contributed by atoms with Gasteiger partial charge < -0.3 is 9.67 Å². The lowest BCUT2D eigenvalue weighted by Crippen LogP contribution is -2.17. The normalized spacial score (nSPS) is 20.5. The summed E-state index contributed by atoms with van der Waals surface area (Å²) in [6.45, 7) is 2.23. The molecule has 1 N–H and O–H groups in total. The van der Waals surface area contributed by atoms with Crippen molar-refractivity contribution in [3.05, 3.63) is 17.7 Å². The zero-order valence-electron chi connectivity index (χ0n) is 8.23. The third-order valence-corrected chi connectivity index (χ3v) is 2.75. The molecule has 0 aliphatic heterocycles. The van der Waals surface area contributed by atoms with Gasteiger partial charge in [-0.25, -0.2) is 4.98 Å². The van der Waals surface area contributed by atoms with E-state index in [1.165, 1.54) is 0 Å². The average Bonchev–Trinajstić information content (AvgIpc) is 2.47. The maximum atomic E-state index is 10.6. The maximum absolute atomic E-state index is 10.6. The molecule has 1 atom stereocenters. The number of nitrogens with zero attached hydrogens (tertiary/aromatic N) is 2. The summed E-state index contributed by atoms with van der Waals surface area (Å²) in [5, 5.41) is 8.70. The smallest absolute Gasteiger partial charge is 0.323 e. The first-order valence-electron chi connectivity index (χ1n) is 4.91. The monoisotopic (exact) mass is 194 g/mol. The van der Waals surface area contributed by atoms with Crippen LogP contribution >= 0.6 is 0 Å². The molecule has 0 fully saturated rings. The van der Waals surface area contributed by atoms with Crippen LogP contribution in [0.15, 0.2) is 6.33 Å². The van der Waals surface area contributed by atoms with Gasteiger partial charge in [0.2, 0.25) is 0 Å². The summed E-state index contributed by atoms with van der Waals surface area (Å²) in [5.41, 5.74) is 2.20. The van der Waals surface area contributed by atoms with Crippen molar-refractivity contribution in [3.8, 4) is 0 Å². The minimum absolute atomic E-state index is 0.0368. The van der Waals surface area contributed by atoms with Crippen molar-refractivity contribution < 1.29 is 9.90 Å². The minimum Gasteiger partial charge on any atom is -0.480 e. The summed E-state index contributed by atoms with van der Waals surface area (Å²) in [4.78, 5) is 14.8. The molecule has 76 valence electrons. The van der Waals surface area contributed by atoms with Crippen LogP contribution in [0.4, 0.5) is 0 Å². The highest BCUT2D eigenvalue weighted by atomic mass is 16.4. The van der Waals surface area contributed by atoms with E-state index in [1.807, 2.05) is 0 Å². The van der Waals surface area contributed by atoms with Crippen molar-refractivity contribution in [1.29, 1.82) is 0 Å². The molecular formula is C10H14N2O2. The van der Waals surface area contributed by atoms with Gasteiger partial charge in [0, 0.05) is 5.69 Å². The highest BCUT2D eigenvalue weighted by molar-refractivity contribution is 5.66. The number of hydrogen-bond acceptors (Lipinski definition) is 2. The fourth-order valence-corrected chi connectivity index (χ4v) is 1.99. The predicted molar refractivity (Wildman–Crippen MR) is 51.1 cm³/mol. The van der Waals surface area contributed by atoms with E-state index in [1.54, 1.807) is 10.9 Å². The Morgan fingerprint density at radius 2 is 2.57 bits per heavy atom. The number of carboxylic acids is 1. The average molecular weight is 194 g/mol. The third kappa shape index (κ3) is 1.64. The Labute approximate surface area is 82.6 Å². The number of carboxylic acid groups (broad SMARTS) is 1. The molecule has 0 saturated carbocycles. The zero-order valence-corrected chi connectivity index (χ0v) is 8.23. The summed E-state index contributed by atoms with van der Waals surface area (Å²) in [6.07, 6.45) is 4.76. The van der Waals surface area contributed by atoms with Gasteiger partial charge in [0.1, 0.15) is 6.54 Å². The van der Waals surface area contributed by atoms with Crippen molar-refractivity contribution in [3.63, 3.8) is 0 Å². The number of aromatic nitrogens is 2. The first kappa shape index (κ1) is 9.24. The Balaban J connectivity index is 2.26. The maximum Gasteiger partial charge on any atom is 0.323 e. The van der Waals surface area contributed by atoms with Gasteiger partial charge in [-0.3, -0.25) is 4.79 Å². The molecular weight excluding hydrogens is 180 g/mol. The molecule has 0 radical (unpaired) electrons. The van der Waals surface area contributed by atoms with Crippen LogP contribution in [-0.2, 0) is 24.2 Å². The van der Waals surface area contributed by atoms with E-state index in [4.69, 9.17) is 5.11 Å². The topological polar surface area (TPSA) is 55.1 Å². The lowest BCUT2D eigenvalue weighted by atomic mass is 9.91. The number of aryl methyl sites for hydroxylation is 1. The van der Waals surface area contributed by atoms with Crippen molar-refractivity contribution in [2.75, 3.05) is 0 Å². The summed E-state index contributed by atoms with van der Waals surface area (Å²) < 4.78 is 1.76. The second kappa shape index (κ2) is 3.44. The van der Waals surface area contributed by atoms with Crippen LogP contribution < -0.4 is 0 Å². The highest BCUT2D eigenvalue weighted by Gasteiger charge is 2.20. The lowest BCUT2D eigenvalue weighted by Gasteiger charge is -2.18. The standard InChI is InChI=1S/C10H14N2O2/c1-7-2-3-8-9(4-7)12(6-11-8)5-10(13)14/h6-7H,2-5H2,1H3,(H,13,14). The van der Waals surface area contributed by atoms with Gasteiger partial charge >= 0.3 is 5.97 Å². The van der Waals surface area contributed by atoms with Crippen molar-refractivity contribution in [1.82, 2.24) is 9.55 Å². The van der Waals surface area contributed by atoms with E-state index < -0.39 is 5.97 Å². The Kier molecular flexibility index (Phi) is 2.27. The van der Waals surface area contributed by atoms with Crippen LogP contribution in [0.1, 0.15) is 24.7 Å². The SMILES string of the molecule is CC1CCc2ncn(CC(=O)O)c2C1. The van der Waals surface area contributed by atoms with Gasteiger partial charge in [-0.05, 0) is 25.2 Å².